The minimum Gasteiger partial charge on any atom is -0.292 e. The number of amides is 3. The molecule has 3 aliphatic rings. The summed E-state index contributed by atoms with van der Waals surface area (Å²) in [6.45, 7) is -0.755. The first-order chi connectivity index (χ1) is 17.2. The Hall–Kier alpha value is -4.48. The number of rotatable bonds is 7. The van der Waals surface area contributed by atoms with E-state index in [9.17, 15) is 39.4 Å². The fourth-order valence-electron chi connectivity index (χ4n) is 5.81. The molecule has 0 aromatic heterocycles. The number of carbonyl (C=O) groups is 4. The number of ketones is 1. The molecule has 36 heavy (non-hydrogen) atoms. The summed E-state index contributed by atoms with van der Waals surface area (Å²) in [6, 6.07) is 9.74. The third-order valence-electron chi connectivity index (χ3n) is 7.40. The minimum absolute atomic E-state index is 0.0142. The van der Waals surface area contributed by atoms with Crippen LogP contribution in [-0.4, -0.2) is 49.9 Å². The number of nitro benzene ring substituents is 2. The lowest BCUT2D eigenvalue weighted by Crippen LogP contribution is -2.52. The average Bonchev–Trinajstić information content (AvgIpc) is 3.56. The van der Waals surface area contributed by atoms with Crippen LogP contribution >= 0.6 is 0 Å². The van der Waals surface area contributed by atoms with Gasteiger partial charge in [0.2, 0.25) is 0 Å². The molecule has 4 atom stereocenters. The monoisotopic (exact) mass is 492 g/mol. The van der Waals surface area contributed by atoms with Crippen molar-refractivity contribution in [2.75, 3.05) is 6.54 Å². The highest BCUT2D eigenvalue weighted by Crippen LogP contribution is 2.56. The zero-order valence-corrected chi connectivity index (χ0v) is 18.8. The van der Waals surface area contributed by atoms with E-state index < -0.39 is 57.4 Å². The summed E-state index contributed by atoms with van der Waals surface area (Å²) < 4.78 is 0. The van der Waals surface area contributed by atoms with Gasteiger partial charge in [-0.3, -0.25) is 39.4 Å². The largest absolute Gasteiger partial charge is 0.292 e. The number of benzene rings is 2. The van der Waals surface area contributed by atoms with E-state index in [0.717, 1.165) is 37.5 Å². The summed E-state index contributed by atoms with van der Waals surface area (Å²) in [5.41, 5.74) is -1.14. The summed E-state index contributed by atoms with van der Waals surface area (Å²) in [5, 5.41) is 23.9. The maximum Gasteiger partial charge on any atom is 0.282 e. The molecule has 1 saturated heterocycles. The Bertz CT molecular complexity index is 1300. The van der Waals surface area contributed by atoms with Gasteiger partial charge in [0, 0.05) is 23.8 Å². The molecule has 0 spiro atoms. The first kappa shape index (κ1) is 23.3. The van der Waals surface area contributed by atoms with E-state index in [1.807, 2.05) is 0 Å². The predicted molar refractivity (Wildman–Crippen MR) is 121 cm³/mol. The Morgan fingerprint density at radius 3 is 2.03 bits per heavy atom. The van der Waals surface area contributed by atoms with Crippen molar-refractivity contribution in [3.05, 3.63) is 79.9 Å². The standard InChI is InChI=1S/C24H20N4O8/c29-19(13-7-9-16(10-8-13)27(33)34)12-25(22(30)17-3-1-2-4-18(17)28(35)36)26-23(31)20-14-5-6-15(11-14)21(20)24(26)32/h1-4,7-10,14-15,20-21H,5-6,11-12H2/t14-,15-,20-,21-/m0/s1. The van der Waals surface area contributed by atoms with Gasteiger partial charge in [-0.15, -0.1) is 0 Å². The lowest BCUT2D eigenvalue weighted by Gasteiger charge is -2.30. The molecule has 2 aromatic carbocycles. The third-order valence-corrected chi connectivity index (χ3v) is 7.40. The van der Waals surface area contributed by atoms with Crippen LogP contribution in [0.15, 0.2) is 48.5 Å². The van der Waals surface area contributed by atoms with Crippen molar-refractivity contribution in [1.29, 1.82) is 0 Å². The second-order valence-electron chi connectivity index (χ2n) is 9.24. The van der Waals surface area contributed by atoms with Crippen molar-refractivity contribution >= 4 is 34.9 Å². The van der Waals surface area contributed by atoms with Gasteiger partial charge in [0.15, 0.2) is 5.78 Å². The molecule has 2 aromatic rings. The van der Waals surface area contributed by atoms with Gasteiger partial charge in [0.05, 0.1) is 21.7 Å². The third kappa shape index (κ3) is 3.61. The number of fused-ring (bicyclic) bond motifs is 5. The molecule has 0 unspecified atom stereocenters. The zero-order chi connectivity index (χ0) is 25.7. The molecule has 1 aliphatic heterocycles. The maximum absolute atomic E-state index is 13.6. The van der Waals surface area contributed by atoms with Crippen LogP contribution in [0, 0.1) is 43.9 Å². The minimum atomic E-state index is -1.04. The highest BCUT2D eigenvalue weighted by molar-refractivity contribution is 6.10. The molecule has 2 aliphatic carbocycles. The van der Waals surface area contributed by atoms with Gasteiger partial charge in [-0.25, -0.2) is 5.01 Å². The molecular weight excluding hydrogens is 472 g/mol. The second-order valence-corrected chi connectivity index (χ2v) is 9.24. The topological polar surface area (TPSA) is 161 Å². The van der Waals surface area contributed by atoms with Crippen LogP contribution in [0.4, 0.5) is 11.4 Å². The van der Waals surface area contributed by atoms with E-state index in [0.29, 0.717) is 10.0 Å². The fraction of sp³-hybridized carbons (Fsp3) is 0.333. The van der Waals surface area contributed by atoms with Crippen LogP contribution in [0.2, 0.25) is 0 Å². The van der Waals surface area contributed by atoms with E-state index in [-0.39, 0.29) is 28.7 Å². The van der Waals surface area contributed by atoms with Gasteiger partial charge in [-0.05, 0) is 49.3 Å². The highest BCUT2D eigenvalue weighted by Gasteiger charge is 2.62. The van der Waals surface area contributed by atoms with Crippen LogP contribution in [0.5, 0.6) is 0 Å². The zero-order valence-electron chi connectivity index (χ0n) is 18.8. The molecule has 0 N–H and O–H groups in total. The number of non-ortho nitro benzene ring substituents is 1. The smallest absolute Gasteiger partial charge is 0.282 e. The Balaban J connectivity index is 1.52. The Labute approximate surface area is 203 Å². The van der Waals surface area contributed by atoms with Gasteiger partial charge in [-0.1, -0.05) is 12.1 Å². The number of hydrogen-bond acceptors (Lipinski definition) is 8. The van der Waals surface area contributed by atoms with E-state index >= 15 is 0 Å². The summed E-state index contributed by atoms with van der Waals surface area (Å²) >= 11 is 0. The van der Waals surface area contributed by atoms with Crippen LogP contribution in [0.1, 0.15) is 40.0 Å². The first-order valence-electron chi connectivity index (χ1n) is 11.4. The number of hydrogen-bond donors (Lipinski definition) is 0. The highest BCUT2D eigenvalue weighted by atomic mass is 16.6. The second kappa shape index (κ2) is 8.63. The van der Waals surface area contributed by atoms with Crippen LogP contribution in [0.25, 0.3) is 0 Å². The molecule has 3 fully saturated rings. The van der Waals surface area contributed by atoms with Gasteiger partial charge < -0.3 is 0 Å². The van der Waals surface area contributed by atoms with Crippen LogP contribution < -0.4 is 0 Å². The number of carbonyl (C=O) groups excluding carboxylic acids is 4. The van der Waals surface area contributed by atoms with Gasteiger partial charge >= 0.3 is 0 Å². The number of para-hydroxylation sites is 1. The summed E-state index contributed by atoms with van der Waals surface area (Å²) in [5.74, 6) is -4.01. The predicted octanol–water partition coefficient (Wildman–Crippen LogP) is 2.77. The van der Waals surface area contributed by atoms with E-state index in [4.69, 9.17) is 0 Å². The average molecular weight is 492 g/mol. The number of Topliss-reactive ketones (excluding diaryl/α,β-unsaturated/α-hetero) is 1. The normalized spacial score (nSPS) is 24.1. The van der Waals surface area contributed by atoms with Crippen LogP contribution in [0.3, 0.4) is 0 Å². The number of nitro groups is 2. The first-order valence-corrected chi connectivity index (χ1v) is 11.4. The molecule has 12 heteroatoms. The van der Waals surface area contributed by atoms with Gasteiger partial charge in [0.1, 0.15) is 12.1 Å². The summed E-state index contributed by atoms with van der Waals surface area (Å²) in [4.78, 5) is 74.6. The molecule has 5 rings (SSSR count). The molecule has 3 amide bonds. The van der Waals surface area contributed by atoms with Crippen molar-refractivity contribution in [3.8, 4) is 0 Å². The van der Waals surface area contributed by atoms with E-state index in [1.165, 1.54) is 30.3 Å². The number of imide groups is 1. The van der Waals surface area contributed by atoms with Crippen molar-refractivity contribution in [1.82, 2.24) is 10.0 Å². The lowest BCUT2D eigenvalue weighted by atomic mass is 9.81. The van der Waals surface area contributed by atoms with Crippen molar-refractivity contribution in [2.24, 2.45) is 23.7 Å². The quantitative estimate of drug-likeness (QED) is 0.247. The summed E-state index contributed by atoms with van der Waals surface area (Å²) in [6.07, 6.45) is 2.37. The lowest BCUT2D eigenvalue weighted by molar-refractivity contribution is -0.385. The number of hydrazine groups is 1. The molecule has 2 saturated carbocycles. The molecular formula is C24H20N4O8. The van der Waals surface area contributed by atoms with Crippen molar-refractivity contribution in [2.45, 2.75) is 19.3 Å². The van der Waals surface area contributed by atoms with Gasteiger partial charge in [-0.2, -0.15) is 5.01 Å². The van der Waals surface area contributed by atoms with E-state index in [1.54, 1.807) is 0 Å². The molecule has 2 bridgehead atoms. The fourth-order valence-corrected chi connectivity index (χ4v) is 5.81. The van der Waals surface area contributed by atoms with Gasteiger partial charge in [0.25, 0.3) is 29.1 Å². The molecule has 184 valence electrons. The van der Waals surface area contributed by atoms with Crippen molar-refractivity contribution < 1.29 is 29.0 Å². The SMILES string of the molecule is O=C(CN(C(=O)c1ccccc1[N+](=O)[O-])N1C(=O)[C@H]2[C@H]3CC[C@@H](C3)[C@@H]2C1=O)c1ccc([N+](=O)[O-])cc1. The van der Waals surface area contributed by atoms with Crippen LogP contribution in [-0.2, 0) is 9.59 Å². The Morgan fingerprint density at radius 2 is 1.47 bits per heavy atom. The van der Waals surface area contributed by atoms with E-state index in [2.05, 4.69) is 0 Å². The maximum atomic E-state index is 13.6. The number of nitrogens with zero attached hydrogens (tertiary/aromatic N) is 4. The molecule has 0 radical (unpaired) electrons. The Kier molecular flexibility index (Phi) is 5.58. The molecule has 12 nitrogen and oxygen atoms in total. The van der Waals surface area contributed by atoms with Crippen molar-refractivity contribution in [3.63, 3.8) is 0 Å². The Morgan fingerprint density at radius 1 is 0.889 bits per heavy atom. The summed E-state index contributed by atoms with van der Waals surface area (Å²) in [7, 11) is 0. The molecule has 1 heterocycles.